The van der Waals surface area contributed by atoms with Gasteiger partial charge in [-0.1, -0.05) is 57.2 Å². The largest absolute Gasteiger partial charge is 0.481 e. The zero-order valence-electron chi connectivity index (χ0n) is 49.4. The molecule has 0 spiro atoms. The fourth-order valence-corrected chi connectivity index (χ4v) is 13.6. The summed E-state index contributed by atoms with van der Waals surface area (Å²) >= 11 is 1.54. The van der Waals surface area contributed by atoms with E-state index in [1.165, 1.54) is 22.4 Å². The molecule has 468 valence electrons. The summed E-state index contributed by atoms with van der Waals surface area (Å²) in [5.41, 5.74) is 4.92. The number of thiazole rings is 1. The van der Waals surface area contributed by atoms with E-state index >= 15 is 8.78 Å². The summed E-state index contributed by atoms with van der Waals surface area (Å²) in [5, 5.41) is 16.5. The Bertz CT molecular complexity index is 3630. The second-order valence-electron chi connectivity index (χ2n) is 24.1. The lowest BCUT2D eigenvalue weighted by atomic mass is 9.85. The van der Waals surface area contributed by atoms with Gasteiger partial charge in [0, 0.05) is 99.9 Å². The third-order valence-corrected chi connectivity index (χ3v) is 18.6. The van der Waals surface area contributed by atoms with Crippen molar-refractivity contribution in [3.05, 3.63) is 119 Å². The number of H-pyrrole nitrogens is 1. The lowest BCUT2D eigenvalue weighted by Crippen LogP contribution is -2.59. The number of aryl methyl sites for hydroxylation is 1. The molecule has 6 aromatic rings. The van der Waals surface area contributed by atoms with E-state index in [1.807, 2.05) is 76.2 Å². The number of aromatic amines is 1. The van der Waals surface area contributed by atoms with Gasteiger partial charge in [0.25, 0.3) is 0 Å². The van der Waals surface area contributed by atoms with Crippen LogP contribution >= 0.6 is 11.3 Å². The minimum absolute atomic E-state index is 0.00636. The van der Waals surface area contributed by atoms with Crippen molar-refractivity contribution in [1.29, 1.82) is 0 Å². The Morgan fingerprint density at radius 3 is 2.22 bits per heavy atom. The molecule has 4 saturated heterocycles. The molecule has 0 bridgehead atoms. The van der Waals surface area contributed by atoms with Crippen LogP contribution in [0.4, 0.5) is 24.5 Å². The lowest BCUT2D eigenvalue weighted by molar-refractivity contribution is -0.152. The molecule has 0 aliphatic carbocycles. The van der Waals surface area contributed by atoms with Crippen LogP contribution < -0.4 is 19.9 Å². The molecule has 4 fully saturated rings. The number of ketones is 1. The highest BCUT2D eigenvalue weighted by Crippen LogP contribution is 2.35. The number of nitrogens with zero attached hydrogens (tertiary/aromatic N) is 8. The number of carboxylic acid groups (broad SMARTS) is 1. The number of halogens is 3. The molecule has 3 aromatic heterocycles. The summed E-state index contributed by atoms with van der Waals surface area (Å²) in [6.45, 7) is 12.6. The second-order valence-corrected chi connectivity index (χ2v) is 25.8. The van der Waals surface area contributed by atoms with E-state index in [0.717, 1.165) is 95.7 Å². The van der Waals surface area contributed by atoms with Gasteiger partial charge in [0.05, 0.1) is 54.1 Å². The van der Waals surface area contributed by atoms with Gasteiger partial charge >= 0.3 is 11.9 Å². The zero-order chi connectivity index (χ0) is 62.6. The maximum Gasteiger partial charge on any atom is 0.306 e. The number of esters is 1. The summed E-state index contributed by atoms with van der Waals surface area (Å²) < 4.78 is 76.2. The number of hydrogen-bond donors (Lipinski definition) is 5. The van der Waals surface area contributed by atoms with E-state index in [4.69, 9.17) is 9.84 Å². The summed E-state index contributed by atoms with van der Waals surface area (Å²) in [6.07, 6.45) is 1.91. The van der Waals surface area contributed by atoms with E-state index < -0.39 is 99.5 Å². The summed E-state index contributed by atoms with van der Waals surface area (Å²) in [6, 6.07) is 17.0. The molecule has 4 aliphatic heterocycles. The molecule has 0 saturated carbocycles. The van der Waals surface area contributed by atoms with Crippen molar-refractivity contribution in [2.45, 2.75) is 97.1 Å². The van der Waals surface area contributed by atoms with E-state index in [1.54, 1.807) is 17.8 Å². The van der Waals surface area contributed by atoms with Crippen molar-refractivity contribution < 1.29 is 60.2 Å². The highest BCUT2D eigenvalue weighted by molar-refractivity contribution is 7.73. The van der Waals surface area contributed by atoms with Crippen LogP contribution in [0, 0.1) is 29.9 Å². The standard InChI is InChI=1S/C62H72F3N11O10S2/c1-37-57(87-36-69-37)41-7-5-38(6-8-41)29-68-60(82)50-28-45(86-53(80)16-15-52(78)79)34-75(50)61(83)58(62(2,3)4)70-51(77)35-72-25-23-71(24-26-72)32-39-17-20-73(21-18-39)44-11-9-40(10-12-44)42-27-46-47(31-67-59(46)66-30-42)56(81)54-48(64)13-14-49(55(54)65)76(88(84)85)74-22-19-43(63)33-74/h5-14,27,30-31,36,39,43,45,50,58,88H,15-26,28-29,32-35H2,1-4H3,(H,66,67)(H,68,82)(H,70,77)(H,78,79)/t43-,45-,50+,58-/m1/s1. The Kier molecular flexibility index (Phi) is 19.6. The van der Waals surface area contributed by atoms with Crippen LogP contribution in [0.15, 0.2) is 84.6 Å². The molecule has 7 heterocycles. The van der Waals surface area contributed by atoms with Gasteiger partial charge in [-0.25, -0.2) is 36.6 Å². The Morgan fingerprint density at radius 2 is 1.57 bits per heavy atom. The van der Waals surface area contributed by atoms with Crippen LogP contribution in [0.3, 0.4) is 0 Å². The predicted octanol–water partition coefficient (Wildman–Crippen LogP) is 6.52. The number of hydrazine groups is 1. The van der Waals surface area contributed by atoms with Gasteiger partial charge in [-0.15, -0.1) is 11.3 Å². The molecule has 10 rings (SSSR count). The third-order valence-electron chi connectivity index (χ3n) is 16.9. The van der Waals surface area contributed by atoms with Crippen molar-refractivity contribution in [3.63, 3.8) is 0 Å². The number of likely N-dealkylation sites (tertiary alicyclic amines) is 1. The fraction of sp³-hybridized carbons (Fsp3) is 0.452. The fourth-order valence-electron chi connectivity index (χ4n) is 12.1. The molecular weight excluding hydrogens is 1180 g/mol. The predicted molar refractivity (Wildman–Crippen MR) is 325 cm³/mol. The van der Waals surface area contributed by atoms with Crippen LogP contribution in [-0.2, 0) is 46.1 Å². The summed E-state index contributed by atoms with van der Waals surface area (Å²) in [5.74, 6) is -6.33. The molecule has 4 N–H and O–H groups in total. The monoisotopic (exact) mass is 1250 g/mol. The van der Waals surface area contributed by atoms with Gasteiger partial charge in [0.2, 0.25) is 34.4 Å². The minimum Gasteiger partial charge on any atom is -0.481 e. The number of amides is 3. The molecule has 3 aromatic carbocycles. The number of benzene rings is 3. The highest BCUT2D eigenvalue weighted by atomic mass is 32.2. The van der Waals surface area contributed by atoms with Crippen molar-refractivity contribution in [2.24, 2.45) is 11.3 Å². The Morgan fingerprint density at radius 1 is 0.864 bits per heavy atom. The first-order valence-corrected chi connectivity index (χ1v) is 31.5. The van der Waals surface area contributed by atoms with Crippen LogP contribution in [0.25, 0.3) is 32.6 Å². The average molecular weight is 1250 g/mol. The Balaban J connectivity index is 0.701. The number of piperazine rings is 1. The van der Waals surface area contributed by atoms with Crippen LogP contribution in [-0.4, -0.2) is 180 Å². The van der Waals surface area contributed by atoms with E-state index in [9.17, 15) is 41.6 Å². The van der Waals surface area contributed by atoms with Gasteiger partial charge in [0.15, 0.2) is 5.82 Å². The molecule has 0 unspecified atom stereocenters. The molecular formula is C62H72F3N11O10S2. The van der Waals surface area contributed by atoms with E-state index in [0.29, 0.717) is 40.0 Å². The van der Waals surface area contributed by atoms with Gasteiger partial charge in [-0.3, -0.25) is 33.7 Å². The number of carbonyl (C=O) groups excluding carboxylic acids is 5. The maximum atomic E-state index is 16.1. The number of fused-ring (bicyclic) bond motifs is 1. The lowest BCUT2D eigenvalue weighted by Gasteiger charge is -2.39. The first kappa shape index (κ1) is 63.2. The molecule has 4 atom stereocenters. The van der Waals surface area contributed by atoms with Crippen molar-refractivity contribution in [1.82, 2.24) is 45.3 Å². The number of aliphatic carboxylic acids is 1. The number of rotatable bonds is 21. The van der Waals surface area contributed by atoms with Gasteiger partial charge < -0.3 is 40.2 Å². The van der Waals surface area contributed by atoms with Crippen molar-refractivity contribution >= 4 is 80.1 Å². The Labute approximate surface area is 513 Å². The molecule has 26 heteroatoms. The number of carboxylic acids is 1. The number of pyridine rings is 1. The number of aromatic nitrogens is 3. The zero-order valence-corrected chi connectivity index (χ0v) is 51.1. The quantitative estimate of drug-likeness (QED) is 0.0292. The minimum atomic E-state index is -3.51. The molecule has 21 nitrogen and oxygen atoms in total. The van der Waals surface area contributed by atoms with E-state index in [-0.39, 0.29) is 63.5 Å². The van der Waals surface area contributed by atoms with Crippen LogP contribution in [0.5, 0.6) is 0 Å². The molecule has 3 amide bonds. The number of alkyl halides is 1. The molecule has 0 radical (unpaired) electrons. The van der Waals surface area contributed by atoms with Gasteiger partial charge in [0.1, 0.15) is 41.5 Å². The SMILES string of the molecule is Cc1ncsc1-c1ccc(CNC(=O)[C@@H]2C[C@@H](OC(=O)CCC(=O)O)CN2C(=O)[C@@H](NC(=O)CN2CCN(CC3CCN(c4ccc(-c5cnc6[nH]cc(C(=O)c7c(F)ccc(N(N8CC[C@@H](F)C8)[SH](=O)=O)c7F)c6c5)cc4)CC3)CC2)C(C)(C)C)cc1. The van der Waals surface area contributed by atoms with Crippen LogP contribution in [0.1, 0.15) is 86.5 Å². The average Bonchev–Trinajstić information content (AvgIpc) is 1.95. The first-order chi connectivity index (χ1) is 42.1. The number of hydrogen-bond acceptors (Lipinski definition) is 16. The maximum absolute atomic E-state index is 16.1. The topological polar surface area (TPSA) is 251 Å². The molecule has 4 aliphatic rings. The highest BCUT2D eigenvalue weighted by Gasteiger charge is 2.46. The smallest absolute Gasteiger partial charge is 0.306 e. The van der Waals surface area contributed by atoms with Crippen molar-refractivity contribution in [3.8, 4) is 21.6 Å². The first-order valence-electron chi connectivity index (χ1n) is 29.5. The third kappa shape index (κ3) is 14.7. The number of nitrogens with one attached hydrogen (secondary N) is 3. The number of thiol groups is 1. The van der Waals surface area contributed by atoms with Gasteiger partial charge in [-0.2, -0.15) is 4.41 Å². The van der Waals surface area contributed by atoms with Gasteiger partial charge in [-0.05, 0) is 84.5 Å². The van der Waals surface area contributed by atoms with Crippen molar-refractivity contribution in [2.75, 3.05) is 81.3 Å². The summed E-state index contributed by atoms with van der Waals surface area (Å²) in [4.78, 5) is 101. The molecule has 88 heavy (non-hydrogen) atoms. The number of piperidine rings is 1. The van der Waals surface area contributed by atoms with Crippen LogP contribution in [0.2, 0.25) is 0 Å². The number of carbonyl (C=O) groups is 6. The summed E-state index contributed by atoms with van der Waals surface area (Å²) in [7, 11) is -3.51. The second kappa shape index (κ2) is 27.3. The number of ether oxygens (including phenoxy) is 1. The van der Waals surface area contributed by atoms with E-state index in [2.05, 4.69) is 40.3 Å². The normalized spacial score (nSPS) is 19.3. The number of anilines is 2. The Hall–Kier alpha value is -7.78.